The summed E-state index contributed by atoms with van der Waals surface area (Å²) in [4.78, 5) is 7.07. The molecule has 0 spiro atoms. The van der Waals surface area contributed by atoms with E-state index in [0.717, 1.165) is 12.6 Å². The third-order valence-corrected chi connectivity index (χ3v) is 3.00. The lowest BCUT2D eigenvalue weighted by Gasteiger charge is -2.11. The molecule has 21 heavy (non-hydrogen) atoms. The van der Waals surface area contributed by atoms with Crippen LogP contribution in [0, 0.1) is 5.92 Å². The van der Waals surface area contributed by atoms with Gasteiger partial charge in [-0.1, -0.05) is 32.0 Å². The van der Waals surface area contributed by atoms with Gasteiger partial charge in [-0.3, -0.25) is 0 Å². The van der Waals surface area contributed by atoms with Crippen molar-refractivity contribution in [1.82, 2.24) is 15.3 Å². The average molecular weight is 297 g/mol. The van der Waals surface area contributed by atoms with Crippen molar-refractivity contribution in [2.24, 2.45) is 5.92 Å². The number of nitrogens with one attached hydrogen (secondary N) is 2. The number of hydrogen-bond donors (Lipinski definition) is 2. The number of aromatic amines is 1. The minimum absolute atomic E-state index is 0.118. The fourth-order valence-corrected chi connectivity index (χ4v) is 2.03. The van der Waals surface area contributed by atoms with Gasteiger partial charge >= 0.3 is 6.18 Å². The molecule has 2 aromatic rings. The molecule has 2 rings (SSSR count). The molecule has 2 N–H and O–H groups in total. The molecule has 0 atom stereocenters. The molecule has 0 amide bonds. The van der Waals surface area contributed by atoms with Crippen molar-refractivity contribution in [2.45, 2.75) is 26.6 Å². The van der Waals surface area contributed by atoms with E-state index in [0.29, 0.717) is 24.0 Å². The first-order valence-corrected chi connectivity index (χ1v) is 6.79. The van der Waals surface area contributed by atoms with Crippen LogP contribution < -0.4 is 5.32 Å². The van der Waals surface area contributed by atoms with Crippen molar-refractivity contribution in [3.8, 4) is 11.3 Å². The summed E-state index contributed by atoms with van der Waals surface area (Å²) < 4.78 is 39.0. The van der Waals surface area contributed by atoms with Crippen LogP contribution in [0.5, 0.6) is 0 Å². The molecule has 0 bridgehead atoms. The third kappa shape index (κ3) is 4.07. The Balaban J connectivity index is 2.18. The Morgan fingerprint density at radius 1 is 1.24 bits per heavy atom. The van der Waals surface area contributed by atoms with E-state index in [1.807, 2.05) is 0 Å². The number of aromatic nitrogens is 2. The monoisotopic (exact) mass is 297 g/mol. The second kappa shape index (κ2) is 6.30. The Labute approximate surface area is 121 Å². The summed E-state index contributed by atoms with van der Waals surface area (Å²) in [6.45, 7) is 5.50. The van der Waals surface area contributed by atoms with Crippen molar-refractivity contribution in [2.75, 3.05) is 6.54 Å². The molecule has 0 saturated heterocycles. The van der Waals surface area contributed by atoms with Crippen LogP contribution in [0.25, 0.3) is 11.3 Å². The van der Waals surface area contributed by atoms with Crippen LogP contribution in [-0.2, 0) is 12.7 Å². The van der Waals surface area contributed by atoms with E-state index in [4.69, 9.17) is 0 Å². The van der Waals surface area contributed by atoms with E-state index in [1.165, 1.54) is 18.3 Å². The van der Waals surface area contributed by atoms with Crippen LogP contribution in [0.3, 0.4) is 0 Å². The predicted octanol–water partition coefficient (Wildman–Crippen LogP) is 3.84. The lowest BCUT2D eigenvalue weighted by atomic mass is 10.1. The molecule has 0 aliphatic heterocycles. The van der Waals surface area contributed by atoms with Crippen molar-refractivity contribution in [3.63, 3.8) is 0 Å². The van der Waals surface area contributed by atoms with Gasteiger partial charge in [0.2, 0.25) is 0 Å². The molecule has 0 unspecified atom stereocenters. The maximum Gasteiger partial charge on any atom is 0.417 e. The summed E-state index contributed by atoms with van der Waals surface area (Å²) in [6.07, 6.45) is -2.94. The molecular weight excluding hydrogens is 279 g/mol. The van der Waals surface area contributed by atoms with Gasteiger partial charge in [0.1, 0.15) is 5.82 Å². The Morgan fingerprint density at radius 3 is 2.62 bits per heavy atom. The Hall–Kier alpha value is -1.82. The van der Waals surface area contributed by atoms with Gasteiger partial charge in [0.05, 0.1) is 24.0 Å². The van der Waals surface area contributed by atoms with Crippen LogP contribution in [0.2, 0.25) is 0 Å². The zero-order chi connectivity index (χ0) is 15.5. The van der Waals surface area contributed by atoms with Crippen LogP contribution in [0.4, 0.5) is 13.2 Å². The highest BCUT2D eigenvalue weighted by atomic mass is 19.4. The molecule has 0 fully saturated rings. The number of rotatable bonds is 5. The summed E-state index contributed by atoms with van der Waals surface area (Å²) in [5.41, 5.74) is -0.160. The molecule has 1 heterocycles. The third-order valence-electron chi connectivity index (χ3n) is 3.00. The number of halogens is 3. The average Bonchev–Trinajstić information content (AvgIpc) is 2.86. The summed E-state index contributed by atoms with van der Waals surface area (Å²) in [7, 11) is 0. The first-order chi connectivity index (χ1) is 9.88. The molecule has 3 nitrogen and oxygen atoms in total. The van der Waals surface area contributed by atoms with E-state index < -0.39 is 11.7 Å². The summed E-state index contributed by atoms with van der Waals surface area (Å²) >= 11 is 0. The first kappa shape index (κ1) is 15.6. The van der Waals surface area contributed by atoms with Crippen LogP contribution in [0.1, 0.15) is 25.2 Å². The van der Waals surface area contributed by atoms with Crippen LogP contribution >= 0.6 is 0 Å². The quantitative estimate of drug-likeness (QED) is 0.880. The molecule has 0 radical (unpaired) electrons. The molecular formula is C15H18F3N3. The number of hydrogen-bond acceptors (Lipinski definition) is 2. The smallest absolute Gasteiger partial charge is 0.341 e. The van der Waals surface area contributed by atoms with Gasteiger partial charge in [-0.05, 0) is 18.5 Å². The van der Waals surface area contributed by atoms with Gasteiger partial charge in [-0.15, -0.1) is 0 Å². The molecule has 114 valence electrons. The summed E-state index contributed by atoms with van der Waals surface area (Å²) in [5, 5.41) is 3.19. The topological polar surface area (TPSA) is 40.7 Å². The fourth-order valence-electron chi connectivity index (χ4n) is 2.03. The Bertz CT molecular complexity index is 588. The molecule has 1 aromatic heterocycles. The Kier molecular flexibility index (Phi) is 4.67. The van der Waals surface area contributed by atoms with Gasteiger partial charge in [0, 0.05) is 5.56 Å². The zero-order valence-electron chi connectivity index (χ0n) is 12.0. The maximum atomic E-state index is 13.0. The zero-order valence-corrected chi connectivity index (χ0v) is 12.0. The van der Waals surface area contributed by atoms with Crippen LogP contribution in [-0.4, -0.2) is 16.5 Å². The van der Waals surface area contributed by atoms with E-state index in [1.54, 1.807) is 6.07 Å². The highest BCUT2D eigenvalue weighted by molar-refractivity contribution is 5.64. The maximum absolute atomic E-state index is 13.0. The lowest BCUT2D eigenvalue weighted by Crippen LogP contribution is -2.19. The number of nitrogens with zero attached hydrogens (tertiary/aromatic N) is 1. The molecule has 1 aromatic carbocycles. The largest absolute Gasteiger partial charge is 0.417 e. The lowest BCUT2D eigenvalue weighted by molar-refractivity contribution is -0.137. The highest BCUT2D eigenvalue weighted by Gasteiger charge is 2.33. The van der Waals surface area contributed by atoms with E-state index in [9.17, 15) is 13.2 Å². The number of H-pyrrole nitrogens is 1. The number of alkyl halides is 3. The SMILES string of the molecule is CC(C)CNCc1ncc(-c2ccccc2C(F)(F)F)[nH]1. The summed E-state index contributed by atoms with van der Waals surface area (Å²) in [5.74, 6) is 1.13. The van der Waals surface area contributed by atoms with Gasteiger partial charge in [-0.25, -0.2) is 4.98 Å². The summed E-state index contributed by atoms with van der Waals surface area (Å²) in [6, 6.07) is 5.49. The van der Waals surface area contributed by atoms with E-state index >= 15 is 0 Å². The van der Waals surface area contributed by atoms with Gasteiger partial charge in [0.25, 0.3) is 0 Å². The van der Waals surface area contributed by atoms with Gasteiger partial charge in [0.15, 0.2) is 0 Å². The highest BCUT2D eigenvalue weighted by Crippen LogP contribution is 2.36. The van der Waals surface area contributed by atoms with Crippen molar-refractivity contribution >= 4 is 0 Å². The first-order valence-electron chi connectivity index (χ1n) is 6.79. The molecule has 0 aliphatic rings. The van der Waals surface area contributed by atoms with Crippen molar-refractivity contribution in [1.29, 1.82) is 0 Å². The van der Waals surface area contributed by atoms with E-state index in [-0.39, 0.29) is 5.56 Å². The molecule has 0 aliphatic carbocycles. The fraction of sp³-hybridized carbons (Fsp3) is 0.400. The minimum atomic E-state index is -4.38. The van der Waals surface area contributed by atoms with Gasteiger partial charge < -0.3 is 10.3 Å². The number of imidazole rings is 1. The van der Waals surface area contributed by atoms with E-state index in [2.05, 4.69) is 29.1 Å². The number of benzene rings is 1. The minimum Gasteiger partial charge on any atom is -0.341 e. The van der Waals surface area contributed by atoms with Crippen molar-refractivity contribution < 1.29 is 13.2 Å². The molecule has 0 saturated carbocycles. The normalized spacial score (nSPS) is 12.1. The second-order valence-electron chi connectivity index (χ2n) is 5.31. The standard InChI is InChI=1S/C15H18F3N3/c1-10(2)7-19-9-14-20-8-13(21-14)11-5-3-4-6-12(11)15(16,17)18/h3-6,8,10,19H,7,9H2,1-2H3,(H,20,21). The van der Waals surface area contributed by atoms with Gasteiger partial charge in [-0.2, -0.15) is 13.2 Å². The van der Waals surface area contributed by atoms with Crippen molar-refractivity contribution in [3.05, 3.63) is 41.9 Å². The van der Waals surface area contributed by atoms with Crippen LogP contribution in [0.15, 0.2) is 30.5 Å². The second-order valence-corrected chi connectivity index (χ2v) is 5.31. The predicted molar refractivity (Wildman–Crippen MR) is 75.6 cm³/mol. The molecule has 6 heteroatoms. The Morgan fingerprint density at radius 2 is 1.95 bits per heavy atom.